The quantitative estimate of drug-likeness (QED) is 0.773. The topological polar surface area (TPSA) is 60.9 Å². The van der Waals surface area contributed by atoms with Gasteiger partial charge in [-0.3, -0.25) is 5.10 Å². The molecule has 0 bridgehead atoms. The monoisotopic (exact) mass is 255 g/mol. The van der Waals surface area contributed by atoms with Crippen molar-refractivity contribution in [3.63, 3.8) is 0 Å². The fraction of sp³-hybridized carbons (Fsp3) is 0.267. The standard InChI is InChI=1S/C15H17N3O/c1-9-5-12(6-10(2)16-9)11-3-4-14-13(7-11)15(8-19)18-17-14/h3-7,12,16,19H,8H2,1-2H3,(H,17,18). The summed E-state index contributed by atoms with van der Waals surface area (Å²) in [5, 5.41) is 20.6. The van der Waals surface area contributed by atoms with E-state index in [-0.39, 0.29) is 12.5 Å². The number of hydrogen-bond donors (Lipinski definition) is 3. The third-order valence-electron chi connectivity index (χ3n) is 3.45. The molecule has 1 aliphatic rings. The zero-order valence-corrected chi connectivity index (χ0v) is 11.1. The van der Waals surface area contributed by atoms with Crippen molar-refractivity contribution in [3.8, 4) is 0 Å². The molecule has 3 rings (SSSR count). The first-order chi connectivity index (χ1) is 9.17. The Morgan fingerprint density at radius 3 is 2.63 bits per heavy atom. The average molecular weight is 255 g/mol. The first-order valence-electron chi connectivity index (χ1n) is 6.39. The summed E-state index contributed by atoms with van der Waals surface area (Å²) < 4.78 is 0. The second-order valence-corrected chi connectivity index (χ2v) is 4.99. The minimum Gasteiger partial charge on any atom is -0.390 e. The number of allylic oxidation sites excluding steroid dienone is 4. The van der Waals surface area contributed by atoms with Crippen LogP contribution >= 0.6 is 0 Å². The molecule has 0 atom stereocenters. The summed E-state index contributed by atoms with van der Waals surface area (Å²) in [5.74, 6) is 0.270. The maximum atomic E-state index is 9.30. The molecule has 0 radical (unpaired) electrons. The van der Waals surface area contributed by atoms with Gasteiger partial charge in [-0.15, -0.1) is 0 Å². The van der Waals surface area contributed by atoms with Crippen molar-refractivity contribution in [2.45, 2.75) is 26.4 Å². The number of dihydropyridines is 1. The first-order valence-corrected chi connectivity index (χ1v) is 6.39. The summed E-state index contributed by atoms with van der Waals surface area (Å²) in [7, 11) is 0. The number of rotatable bonds is 2. The Labute approximate surface area is 111 Å². The fourth-order valence-corrected chi connectivity index (χ4v) is 2.58. The van der Waals surface area contributed by atoms with Crippen molar-refractivity contribution in [3.05, 3.63) is 53.0 Å². The van der Waals surface area contributed by atoms with E-state index in [9.17, 15) is 5.11 Å². The van der Waals surface area contributed by atoms with Crippen LogP contribution in [0.3, 0.4) is 0 Å². The van der Waals surface area contributed by atoms with Gasteiger partial charge in [-0.2, -0.15) is 5.10 Å². The number of fused-ring (bicyclic) bond motifs is 1. The van der Waals surface area contributed by atoms with Crippen LogP contribution < -0.4 is 5.32 Å². The molecule has 0 saturated carbocycles. The van der Waals surface area contributed by atoms with Gasteiger partial charge in [-0.1, -0.05) is 18.2 Å². The van der Waals surface area contributed by atoms with Crippen molar-refractivity contribution >= 4 is 10.9 Å². The lowest BCUT2D eigenvalue weighted by atomic mass is 9.93. The summed E-state index contributed by atoms with van der Waals surface area (Å²) in [6.45, 7) is 4.12. The van der Waals surface area contributed by atoms with E-state index in [2.05, 4.69) is 53.6 Å². The van der Waals surface area contributed by atoms with Gasteiger partial charge in [0.1, 0.15) is 0 Å². The molecule has 3 N–H and O–H groups in total. The lowest BCUT2D eigenvalue weighted by Gasteiger charge is -2.19. The second kappa shape index (κ2) is 4.55. The van der Waals surface area contributed by atoms with E-state index < -0.39 is 0 Å². The van der Waals surface area contributed by atoms with E-state index in [0.717, 1.165) is 16.6 Å². The Balaban J connectivity index is 2.07. The summed E-state index contributed by atoms with van der Waals surface area (Å²) in [5.41, 5.74) is 5.21. The Morgan fingerprint density at radius 1 is 1.21 bits per heavy atom. The van der Waals surface area contributed by atoms with Gasteiger partial charge >= 0.3 is 0 Å². The third-order valence-corrected chi connectivity index (χ3v) is 3.45. The van der Waals surface area contributed by atoms with Gasteiger partial charge in [0.05, 0.1) is 17.8 Å². The summed E-state index contributed by atoms with van der Waals surface area (Å²) in [4.78, 5) is 0. The summed E-state index contributed by atoms with van der Waals surface area (Å²) in [6.07, 6.45) is 4.40. The predicted molar refractivity (Wildman–Crippen MR) is 75.4 cm³/mol. The van der Waals surface area contributed by atoms with Gasteiger partial charge < -0.3 is 10.4 Å². The number of nitrogens with zero attached hydrogens (tertiary/aromatic N) is 1. The first kappa shape index (κ1) is 12.0. The third kappa shape index (κ3) is 2.15. The normalized spacial score (nSPS) is 16.2. The highest BCUT2D eigenvalue weighted by atomic mass is 16.3. The number of aliphatic hydroxyl groups excluding tert-OH is 1. The van der Waals surface area contributed by atoms with E-state index in [1.807, 2.05) is 6.07 Å². The summed E-state index contributed by atoms with van der Waals surface area (Å²) in [6, 6.07) is 6.19. The van der Waals surface area contributed by atoms with Crippen molar-refractivity contribution in [2.24, 2.45) is 0 Å². The second-order valence-electron chi connectivity index (χ2n) is 4.99. The molecule has 1 aromatic heterocycles. The maximum absolute atomic E-state index is 9.30. The van der Waals surface area contributed by atoms with Crippen LogP contribution in [0.2, 0.25) is 0 Å². The van der Waals surface area contributed by atoms with Crippen LogP contribution in [-0.4, -0.2) is 15.3 Å². The maximum Gasteiger partial charge on any atom is 0.0924 e. The molecule has 0 unspecified atom stereocenters. The van der Waals surface area contributed by atoms with Crippen LogP contribution in [-0.2, 0) is 6.61 Å². The van der Waals surface area contributed by atoms with Gasteiger partial charge in [-0.25, -0.2) is 0 Å². The Hall–Kier alpha value is -2.07. The molecule has 2 heterocycles. The predicted octanol–water partition coefficient (Wildman–Crippen LogP) is 2.55. The summed E-state index contributed by atoms with van der Waals surface area (Å²) >= 11 is 0. The van der Waals surface area contributed by atoms with Crippen molar-refractivity contribution in [2.75, 3.05) is 0 Å². The Bertz CT molecular complexity index is 664. The molecule has 4 heteroatoms. The van der Waals surface area contributed by atoms with Crippen molar-refractivity contribution in [1.29, 1.82) is 0 Å². The van der Waals surface area contributed by atoms with Crippen molar-refractivity contribution < 1.29 is 5.11 Å². The molecule has 0 fully saturated rings. The molecule has 4 nitrogen and oxygen atoms in total. The molecule has 0 aliphatic carbocycles. The molecule has 0 amide bonds. The molecule has 2 aromatic rings. The van der Waals surface area contributed by atoms with Crippen LogP contribution in [0.5, 0.6) is 0 Å². The largest absolute Gasteiger partial charge is 0.390 e. The molecule has 98 valence electrons. The molecule has 0 spiro atoms. The highest BCUT2D eigenvalue weighted by Crippen LogP contribution is 2.28. The zero-order chi connectivity index (χ0) is 13.4. The van der Waals surface area contributed by atoms with Crippen LogP contribution in [0.25, 0.3) is 10.9 Å². The molecule has 19 heavy (non-hydrogen) atoms. The smallest absolute Gasteiger partial charge is 0.0924 e. The Morgan fingerprint density at radius 2 is 1.95 bits per heavy atom. The van der Waals surface area contributed by atoms with Crippen LogP contribution in [0.1, 0.15) is 31.0 Å². The minimum atomic E-state index is -0.0179. The molecule has 1 aromatic carbocycles. The molecule has 0 saturated heterocycles. The SMILES string of the molecule is CC1=CC(c2ccc3n[nH]c(CO)c3c2)C=C(C)N1. The number of aromatic amines is 1. The number of aliphatic hydroxyl groups is 1. The zero-order valence-electron chi connectivity index (χ0n) is 11.1. The number of nitrogens with one attached hydrogen (secondary N) is 2. The van der Waals surface area contributed by atoms with Crippen LogP contribution in [0.4, 0.5) is 0 Å². The highest BCUT2D eigenvalue weighted by molar-refractivity contribution is 5.82. The van der Waals surface area contributed by atoms with Crippen molar-refractivity contribution in [1.82, 2.24) is 15.5 Å². The van der Waals surface area contributed by atoms with E-state index in [1.54, 1.807) is 0 Å². The molecule has 1 aliphatic heterocycles. The van der Waals surface area contributed by atoms with Gasteiger partial charge in [0.15, 0.2) is 0 Å². The van der Waals surface area contributed by atoms with Crippen LogP contribution in [0, 0.1) is 0 Å². The lowest BCUT2D eigenvalue weighted by molar-refractivity contribution is 0.278. The highest BCUT2D eigenvalue weighted by Gasteiger charge is 2.13. The number of H-pyrrole nitrogens is 1. The molecular weight excluding hydrogens is 238 g/mol. The van der Waals surface area contributed by atoms with Gasteiger partial charge in [0.25, 0.3) is 0 Å². The minimum absolute atomic E-state index is 0.0179. The number of hydrogen-bond acceptors (Lipinski definition) is 3. The number of benzene rings is 1. The van der Waals surface area contributed by atoms with Gasteiger partial charge in [0.2, 0.25) is 0 Å². The fourth-order valence-electron chi connectivity index (χ4n) is 2.58. The van der Waals surface area contributed by atoms with Gasteiger partial charge in [0, 0.05) is 22.7 Å². The Kier molecular flexibility index (Phi) is 2.87. The van der Waals surface area contributed by atoms with E-state index in [4.69, 9.17) is 0 Å². The number of aromatic nitrogens is 2. The van der Waals surface area contributed by atoms with E-state index >= 15 is 0 Å². The van der Waals surface area contributed by atoms with E-state index in [0.29, 0.717) is 0 Å². The van der Waals surface area contributed by atoms with E-state index in [1.165, 1.54) is 17.0 Å². The van der Waals surface area contributed by atoms with Gasteiger partial charge in [-0.05, 0) is 31.5 Å². The average Bonchev–Trinajstić information content (AvgIpc) is 2.79. The molecular formula is C15H17N3O. The van der Waals surface area contributed by atoms with Crippen LogP contribution in [0.15, 0.2) is 41.7 Å². The lowest BCUT2D eigenvalue weighted by Crippen LogP contribution is -2.14.